The van der Waals surface area contributed by atoms with E-state index in [-0.39, 0.29) is 0 Å². The summed E-state index contributed by atoms with van der Waals surface area (Å²) < 4.78 is 0.558. The molecule has 1 saturated heterocycles. The second-order valence-electron chi connectivity index (χ2n) is 7.78. The van der Waals surface area contributed by atoms with Gasteiger partial charge in [-0.1, -0.05) is 39.0 Å². The molecule has 0 bridgehead atoms. The normalized spacial score (nSPS) is 32.6. The molecule has 0 aromatic rings. The summed E-state index contributed by atoms with van der Waals surface area (Å²) in [7, 11) is 0. The predicted molar refractivity (Wildman–Crippen MR) is 94.2 cm³/mol. The molecule has 3 heteroatoms. The minimum atomic E-state index is 0.472. The Morgan fingerprint density at radius 2 is 1.71 bits per heavy atom. The fourth-order valence-electron chi connectivity index (χ4n) is 5.00. The molecule has 1 heterocycles. The van der Waals surface area contributed by atoms with Crippen LogP contribution in [-0.2, 0) is 0 Å². The number of nitrogens with one attached hydrogen (secondary N) is 1. The first-order chi connectivity index (χ1) is 10.2. The monoisotopic (exact) mass is 310 g/mol. The van der Waals surface area contributed by atoms with E-state index in [0.29, 0.717) is 10.3 Å². The van der Waals surface area contributed by atoms with Crippen molar-refractivity contribution in [2.75, 3.05) is 25.9 Å². The van der Waals surface area contributed by atoms with E-state index in [0.717, 1.165) is 6.04 Å². The van der Waals surface area contributed by atoms with Crippen molar-refractivity contribution in [2.45, 2.75) is 87.5 Å². The van der Waals surface area contributed by atoms with Crippen LogP contribution in [0.2, 0.25) is 0 Å². The Balaban J connectivity index is 1.70. The second-order valence-corrected chi connectivity index (χ2v) is 9.06. The van der Waals surface area contributed by atoms with Gasteiger partial charge in [0, 0.05) is 36.0 Å². The zero-order chi connectivity index (χ0) is 14.8. The highest BCUT2D eigenvalue weighted by atomic mass is 32.2. The molecular formula is C18H34N2S. The SMILES string of the molecule is CCC1CNC2(CCCC2)CN1CC1(SC)CCCCC1. The van der Waals surface area contributed by atoms with Gasteiger partial charge in [0.15, 0.2) is 0 Å². The summed E-state index contributed by atoms with van der Waals surface area (Å²) in [4.78, 5) is 2.89. The van der Waals surface area contributed by atoms with Crippen LogP contribution in [0.1, 0.15) is 71.1 Å². The van der Waals surface area contributed by atoms with Crippen LogP contribution in [0, 0.1) is 0 Å². The molecule has 21 heavy (non-hydrogen) atoms. The minimum absolute atomic E-state index is 0.472. The zero-order valence-electron chi connectivity index (χ0n) is 14.1. The fourth-order valence-corrected chi connectivity index (χ4v) is 6.00. The first kappa shape index (κ1) is 16.1. The summed E-state index contributed by atoms with van der Waals surface area (Å²) in [5.41, 5.74) is 0.472. The third kappa shape index (κ3) is 3.45. The predicted octanol–water partition coefficient (Wildman–Crippen LogP) is 4.05. The zero-order valence-corrected chi connectivity index (χ0v) is 14.9. The van der Waals surface area contributed by atoms with Gasteiger partial charge >= 0.3 is 0 Å². The lowest BCUT2D eigenvalue weighted by molar-refractivity contribution is 0.0645. The Labute approximate surface area is 135 Å². The van der Waals surface area contributed by atoms with Gasteiger partial charge in [-0.3, -0.25) is 4.90 Å². The lowest BCUT2D eigenvalue weighted by Crippen LogP contribution is -2.64. The van der Waals surface area contributed by atoms with E-state index in [1.54, 1.807) is 0 Å². The molecular weight excluding hydrogens is 276 g/mol. The van der Waals surface area contributed by atoms with Crippen molar-refractivity contribution in [1.29, 1.82) is 0 Å². The van der Waals surface area contributed by atoms with Crippen LogP contribution in [0.25, 0.3) is 0 Å². The van der Waals surface area contributed by atoms with Crippen molar-refractivity contribution in [3.63, 3.8) is 0 Å². The quantitative estimate of drug-likeness (QED) is 0.843. The van der Waals surface area contributed by atoms with Crippen LogP contribution in [-0.4, -0.2) is 47.1 Å². The second kappa shape index (κ2) is 6.80. The van der Waals surface area contributed by atoms with E-state index in [9.17, 15) is 0 Å². The maximum absolute atomic E-state index is 3.94. The molecule has 122 valence electrons. The van der Waals surface area contributed by atoms with Crippen LogP contribution in [0.3, 0.4) is 0 Å². The van der Waals surface area contributed by atoms with Crippen LogP contribution < -0.4 is 5.32 Å². The summed E-state index contributed by atoms with van der Waals surface area (Å²) in [6.45, 7) is 6.25. The number of piperazine rings is 1. The number of rotatable bonds is 4. The highest BCUT2D eigenvalue weighted by Gasteiger charge is 2.43. The Morgan fingerprint density at radius 3 is 2.33 bits per heavy atom. The Morgan fingerprint density at radius 1 is 1.05 bits per heavy atom. The van der Waals surface area contributed by atoms with Gasteiger partial charge in [0.25, 0.3) is 0 Å². The van der Waals surface area contributed by atoms with E-state index in [1.807, 2.05) is 0 Å². The third-order valence-corrected chi connectivity index (χ3v) is 7.86. The molecule has 0 aromatic heterocycles. The van der Waals surface area contributed by atoms with Gasteiger partial charge in [-0.05, 0) is 38.4 Å². The Hall–Kier alpha value is 0.270. The highest BCUT2D eigenvalue weighted by Crippen LogP contribution is 2.41. The molecule has 1 N–H and O–H groups in total. The van der Waals surface area contributed by atoms with Gasteiger partial charge in [-0.2, -0.15) is 11.8 Å². The average Bonchev–Trinajstić information content (AvgIpc) is 2.96. The van der Waals surface area contributed by atoms with Crippen LogP contribution >= 0.6 is 11.8 Å². The largest absolute Gasteiger partial charge is 0.308 e. The van der Waals surface area contributed by atoms with Crippen molar-refractivity contribution >= 4 is 11.8 Å². The maximum atomic E-state index is 3.94. The Bertz CT molecular complexity index is 332. The number of hydrogen-bond donors (Lipinski definition) is 1. The molecule has 1 spiro atoms. The van der Waals surface area contributed by atoms with E-state index >= 15 is 0 Å². The molecule has 3 aliphatic rings. The van der Waals surface area contributed by atoms with Crippen molar-refractivity contribution in [3.05, 3.63) is 0 Å². The summed E-state index contributed by atoms with van der Waals surface area (Å²) in [6, 6.07) is 0.766. The third-order valence-electron chi connectivity index (χ3n) is 6.46. The van der Waals surface area contributed by atoms with Gasteiger partial charge < -0.3 is 5.32 Å². The van der Waals surface area contributed by atoms with Crippen molar-refractivity contribution in [1.82, 2.24) is 10.2 Å². The number of thioether (sulfide) groups is 1. The number of nitrogens with zero attached hydrogens (tertiary/aromatic N) is 1. The van der Waals surface area contributed by atoms with Crippen molar-refractivity contribution in [3.8, 4) is 0 Å². The fraction of sp³-hybridized carbons (Fsp3) is 1.00. The minimum Gasteiger partial charge on any atom is -0.308 e. The van der Waals surface area contributed by atoms with Gasteiger partial charge in [0.05, 0.1) is 0 Å². The van der Waals surface area contributed by atoms with E-state index in [2.05, 4.69) is 35.2 Å². The van der Waals surface area contributed by atoms with Gasteiger partial charge in [0.2, 0.25) is 0 Å². The first-order valence-electron chi connectivity index (χ1n) is 9.25. The van der Waals surface area contributed by atoms with E-state index in [1.165, 1.54) is 83.8 Å². The summed E-state index contributed by atoms with van der Waals surface area (Å²) >= 11 is 2.17. The molecule has 3 rings (SSSR count). The molecule has 2 saturated carbocycles. The molecule has 1 atom stereocenters. The molecule has 0 aromatic carbocycles. The molecule has 1 aliphatic heterocycles. The van der Waals surface area contributed by atoms with Gasteiger partial charge in [-0.15, -0.1) is 0 Å². The molecule has 2 nitrogen and oxygen atoms in total. The molecule has 0 radical (unpaired) electrons. The van der Waals surface area contributed by atoms with Gasteiger partial charge in [-0.25, -0.2) is 0 Å². The van der Waals surface area contributed by atoms with E-state index in [4.69, 9.17) is 0 Å². The molecule has 2 aliphatic carbocycles. The maximum Gasteiger partial charge on any atom is 0.0309 e. The first-order valence-corrected chi connectivity index (χ1v) is 10.5. The van der Waals surface area contributed by atoms with Crippen LogP contribution in [0.5, 0.6) is 0 Å². The molecule has 1 unspecified atom stereocenters. The average molecular weight is 311 g/mol. The van der Waals surface area contributed by atoms with Gasteiger partial charge in [0.1, 0.15) is 0 Å². The molecule has 3 fully saturated rings. The molecule has 0 amide bonds. The topological polar surface area (TPSA) is 15.3 Å². The summed E-state index contributed by atoms with van der Waals surface area (Å²) in [5, 5.41) is 3.94. The van der Waals surface area contributed by atoms with E-state index < -0.39 is 0 Å². The van der Waals surface area contributed by atoms with Crippen LogP contribution in [0.4, 0.5) is 0 Å². The lowest BCUT2D eigenvalue weighted by atomic mass is 9.85. The summed E-state index contributed by atoms with van der Waals surface area (Å²) in [6.07, 6.45) is 16.6. The number of hydrogen-bond acceptors (Lipinski definition) is 3. The smallest absolute Gasteiger partial charge is 0.0309 e. The summed E-state index contributed by atoms with van der Waals surface area (Å²) in [5.74, 6) is 0. The highest BCUT2D eigenvalue weighted by molar-refractivity contribution is 8.00. The Kier molecular flexibility index (Phi) is 5.23. The lowest BCUT2D eigenvalue weighted by Gasteiger charge is -2.50. The van der Waals surface area contributed by atoms with Crippen molar-refractivity contribution < 1.29 is 0 Å². The standard InChI is InChI=1S/C18H34N2S/c1-3-16-13-19-17(9-7-8-10-17)14-20(16)15-18(21-2)11-5-4-6-12-18/h16,19H,3-15H2,1-2H3. The van der Waals surface area contributed by atoms with Crippen molar-refractivity contribution in [2.24, 2.45) is 0 Å². The van der Waals surface area contributed by atoms with Crippen LogP contribution in [0.15, 0.2) is 0 Å².